The summed E-state index contributed by atoms with van der Waals surface area (Å²) < 4.78 is 18.6. The fourth-order valence-electron chi connectivity index (χ4n) is 2.70. The zero-order valence-corrected chi connectivity index (χ0v) is 17.1. The summed E-state index contributed by atoms with van der Waals surface area (Å²) in [4.78, 5) is 26.2. The van der Waals surface area contributed by atoms with Crippen LogP contribution in [0, 0.1) is 5.82 Å². The van der Waals surface area contributed by atoms with Gasteiger partial charge in [-0.15, -0.1) is 11.8 Å². The van der Waals surface area contributed by atoms with Crippen LogP contribution in [0.5, 0.6) is 5.75 Å². The van der Waals surface area contributed by atoms with Crippen LogP contribution in [0.3, 0.4) is 0 Å². The summed E-state index contributed by atoms with van der Waals surface area (Å²) in [6.45, 7) is 5.18. The van der Waals surface area contributed by atoms with Crippen LogP contribution in [0.1, 0.15) is 29.8 Å². The molecule has 150 valence electrons. The van der Waals surface area contributed by atoms with Crippen molar-refractivity contribution in [2.45, 2.75) is 19.6 Å². The number of anilines is 1. The first-order valence-corrected chi connectivity index (χ1v) is 10.2. The summed E-state index contributed by atoms with van der Waals surface area (Å²) in [5.74, 6) is 0.763. The highest BCUT2D eigenvalue weighted by molar-refractivity contribution is 7.99. The van der Waals surface area contributed by atoms with Gasteiger partial charge in [0.25, 0.3) is 5.91 Å². The van der Waals surface area contributed by atoms with E-state index in [9.17, 15) is 14.0 Å². The molecule has 0 aromatic heterocycles. The van der Waals surface area contributed by atoms with E-state index < -0.39 is 0 Å². The summed E-state index contributed by atoms with van der Waals surface area (Å²) in [6, 6.07) is 11.2. The molecule has 1 N–H and O–H groups in total. The average Bonchev–Trinajstić information content (AvgIpc) is 2.69. The number of amides is 2. The van der Waals surface area contributed by atoms with Crippen molar-refractivity contribution in [3.63, 3.8) is 0 Å². The predicted molar refractivity (Wildman–Crippen MR) is 111 cm³/mol. The van der Waals surface area contributed by atoms with Crippen molar-refractivity contribution in [3.8, 4) is 5.75 Å². The largest absolute Gasteiger partial charge is 0.496 e. The van der Waals surface area contributed by atoms with Gasteiger partial charge in [-0.3, -0.25) is 9.59 Å². The molecule has 28 heavy (non-hydrogen) atoms. The molecule has 0 aliphatic carbocycles. The van der Waals surface area contributed by atoms with Crippen LogP contribution < -0.4 is 10.1 Å². The van der Waals surface area contributed by atoms with Crippen LogP contribution in [0.4, 0.5) is 10.1 Å². The van der Waals surface area contributed by atoms with E-state index in [1.54, 1.807) is 35.2 Å². The molecule has 0 saturated heterocycles. The first kappa shape index (κ1) is 21.8. The van der Waals surface area contributed by atoms with Crippen LogP contribution >= 0.6 is 11.8 Å². The molecule has 0 radical (unpaired) electrons. The zero-order valence-electron chi connectivity index (χ0n) is 16.3. The number of nitrogens with one attached hydrogen (secondary N) is 1. The third-order valence-corrected chi connectivity index (χ3v) is 5.18. The summed E-state index contributed by atoms with van der Waals surface area (Å²) >= 11 is 1.37. The standard InChI is InChI=1S/C21H25FN2O3S/c1-4-24(5-2)21(26)15-6-9-18(10-7-15)23-20(25)14-28-13-16-12-17(22)8-11-19(16)27-3/h6-12H,4-5,13-14H2,1-3H3,(H,23,25). The molecule has 2 aromatic carbocycles. The molecule has 0 fully saturated rings. The minimum atomic E-state index is -0.333. The Kier molecular flexibility index (Phi) is 8.32. The van der Waals surface area contributed by atoms with Gasteiger partial charge >= 0.3 is 0 Å². The fraction of sp³-hybridized carbons (Fsp3) is 0.333. The molecule has 0 atom stereocenters. The van der Waals surface area contributed by atoms with Crippen LogP contribution in [0.2, 0.25) is 0 Å². The molecule has 2 rings (SSSR count). The molecular weight excluding hydrogens is 379 g/mol. The van der Waals surface area contributed by atoms with E-state index in [-0.39, 0.29) is 23.4 Å². The lowest BCUT2D eigenvalue weighted by molar-refractivity contribution is -0.113. The molecule has 2 amide bonds. The molecule has 0 bridgehead atoms. The Balaban J connectivity index is 1.86. The van der Waals surface area contributed by atoms with Crippen molar-refractivity contribution in [1.82, 2.24) is 4.90 Å². The van der Waals surface area contributed by atoms with E-state index in [1.807, 2.05) is 13.8 Å². The van der Waals surface area contributed by atoms with Crippen LogP contribution in [0.15, 0.2) is 42.5 Å². The van der Waals surface area contributed by atoms with Gasteiger partial charge in [0.15, 0.2) is 0 Å². The number of nitrogens with zero attached hydrogens (tertiary/aromatic N) is 1. The summed E-state index contributed by atoms with van der Waals surface area (Å²) in [5.41, 5.74) is 1.93. The van der Waals surface area contributed by atoms with Gasteiger partial charge in [-0.05, 0) is 56.3 Å². The second-order valence-corrected chi connectivity index (χ2v) is 7.04. The molecule has 0 aliphatic heterocycles. The molecule has 0 spiro atoms. The smallest absolute Gasteiger partial charge is 0.253 e. The van der Waals surface area contributed by atoms with Crippen molar-refractivity contribution in [3.05, 3.63) is 59.4 Å². The van der Waals surface area contributed by atoms with Crippen LogP contribution in [-0.4, -0.2) is 42.7 Å². The van der Waals surface area contributed by atoms with Crippen molar-refractivity contribution in [2.24, 2.45) is 0 Å². The van der Waals surface area contributed by atoms with Gasteiger partial charge in [-0.25, -0.2) is 4.39 Å². The summed E-state index contributed by atoms with van der Waals surface area (Å²) in [6.07, 6.45) is 0. The highest BCUT2D eigenvalue weighted by atomic mass is 32.2. The highest BCUT2D eigenvalue weighted by Gasteiger charge is 2.12. The first-order chi connectivity index (χ1) is 13.5. The zero-order chi connectivity index (χ0) is 20.5. The number of halogens is 1. The van der Waals surface area contributed by atoms with Crippen molar-refractivity contribution < 1.29 is 18.7 Å². The van der Waals surface area contributed by atoms with Gasteiger partial charge < -0.3 is 15.0 Å². The number of ether oxygens (including phenoxy) is 1. The SMILES string of the molecule is CCN(CC)C(=O)c1ccc(NC(=O)CSCc2cc(F)ccc2OC)cc1. The van der Waals surface area contributed by atoms with E-state index in [0.29, 0.717) is 41.4 Å². The number of methoxy groups -OCH3 is 1. The number of benzene rings is 2. The Morgan fingerprint density at radius 1 is 1.11 bits per heavy atom. The summed E-state index contributed by atoms with van der Waals surface area (Å²) in [7, 11) is 1.53. The maximum absolute atomic E-state index is 13.4. The number of thioether (sulfide) groups is 1. The number of hydrogen-bond donors (Lipinski definition) is 1. The second kappa shape index (κ2) is 10.7. The van der Waals surface area contributed by atoms with Crippen LogP contribution in [0.25, 0.3) is 0 Å². The third-order valence-electron chi connectivity index (χ3n) is 4.20. The maximum atomic E-state index is 13.4. The molecule has 7 heteroatoms. The average molecular weight is 405 g/mol. The number of hydrogen-bond acceptors (Lipinski definition) is 4. The van der Waals surface area contributed by atoms with Gasteiger partial charge in [0.2, 0.25) is 5.91 Å². The molecule has 5 nitrogen and oxygen atoms in total. The van der Waals surface area contributed by atoms with Gasteiger partial charge in [-0.1, -0.05) is 0 Å². The van der Waals surface area contributed by atoms with E-state index in [2.05, 4.69) is 5.32 Å². The van der Waals surface area contributed by atoms with Gasteiger partial charge in [0.05, 0.1) is 12.9 Å². The fourth-order valence-corrected chi connectivity index (χ4v) is 3.51. The Hall–Kier alpha value is -2.54. The molecule has 0 unspecified atom stereocenters. The van der Waals surface area contributed by atoms with E-state index >= 15 is 0 Å². The van der Waals surface area contributed by atoms with Crippen LogP contribution in [-0.2, 0) is 10.5 Å². The normalized spacial score (nSPS) is 10.4. The molecule has 2 aromatic rings. The Bertz CT molecular complexity index is 808. The summed E-state index contributed by atoms with van der Waals surface area (Å²) in [5, 5.41) is 2.80. The molecule has 0 heterocycles. The van der Waals surface area contributed by atoms with Crippen molar-refractivity contribution in [2.75, 3.05) is 31.3 Å². The first-order valence-electron chi connectivity index (χ1n) is 9.07. The van der Waals surface area contributed by atoms with E-state index in [1.165, 1.54) is 31.0 Å². The molecular formula is C21H25FN2O3S. The Morgan fingerprint density at radius 3 is 2.39 bits per heavy atom. The van der Waals surface area contributed by atoms with E-state index in [4.69, 9.17) is 4.74 Å². The number of carbonyl (C=O) groups excluding carboxylic acids is 2. The highest BCUT2D eigenvalue weighted by Crippen LogP contribution is 2.24. The van der Waals surface area contributed by atoms with Gasteiger partial charge in [-0.2, -0.15) is 0 Å². The third kappa shape index (κ3) is 5.99. The Labute approximate surface area is 169 Å². The lowest BCUT2D eigenvalue weighted by Gasteiger charge is -2.18. The van der Waals surface area contributed by atoms with Gasteiger partial charge in [0.1, 0.15) is 11.6 Å². The topological polar surface area (TPSA) is 58.6 Å². The van der Waals surface area contributed by atoms with Gasteiger partial charge in [0, 0.05) is 35.7 Å². The number of rotatable bonds is 9. The quantitative estimate of drug-likeness (QED) is 0.681. The predicted octanol–water partition coefficient (Wildman–Crippen LogP) is 4.19. The maximum Gasteiger partial charge on any atom is 0.253 e. The molecule has 0 aliphatic rings. The van der Waals surface area contributed by atoms with Crippen molar-refractivity contribution >= 4 is 29.3 Å². The monoisotopic (exact) mass is 404 g/mol. The minimum absolute atomic E-state index is 0.0255. The van der Waals surface area contributed by atoms with E-state index in [0.717, 1.165) is 0 Å². The lowest BCUT2D eigenvalue weighted by Crippen LogP contribution is -2.30. The van der Waals surface area contributed by atoms with Crippen molar-refractivity contribution in [1.29, 1.82) is 0 Å². The minimum Gasteiger partial charge on any atom is -0.496 e. The number of carbonyl (C=O) groups is 2. The second-order valence-electron chi connectivity index (χ2n) is 6.05. The Morgan fingerprint density at radius 2 is 1.79 bits per heavy atom. The lowest BCUT2D eigenvalue weighted by atomic mass is 10.2. The molecule has 0 saturated carbocycles.